The Bertz CT molecular complexity index is 587. The second kappa shape index (κ2) is 13.4. The second-order valence-corrected chi connectivity index (χ2v) is 8.60. The fraction of sp³-hybridized carbons (Fsp3) is 0.667. The monoisotopic (exact) mass is 390 g/mol. The van der Waals surface area contributed by atoms with Crippen LogP contribution in [0.25, 0.3) is 0 Å². The van der Waals surface area contributed by atoms with Gasteiger partial charge in [0.25, 0.3) is 0 Å². The van der Waals surface area contributed by atoms with Crippen LogP contribution in [0.4, 0.5) is 0 Å². The zero-order chi connectivity index (χ0) is 20.8. The first kappa shape index (κ1) is 24.2. The maximum absolute atomic E-state index is 12.4. The topological polar surface area (TPSA) is 52.6 Å². The lowest BCUT2D eigenvalue weighted by Crippen LogP contribution is -2.15. The quantitative estimate of drug-likeness (QED) is 0.282. The molecular formula is C24H38O4. The lowest BCUT2D eigenvalue weighted by molar-refractivity contribution is 0.0450. The normalized spacial score (nSPS) is 11.3. The minimum Gasteiger partial charge on any atom is -0.462 e. The summed E-state index contributed by atoms with van der Waals surface area (Å²) in [5.74, 6) is -0.903. The lowest BCUT2D eigenvalue weighted by Gasteiger charge is -2.17. The van der Waals surface area contributed by atoms with Crippen molar-refractivity contribution >= 4 is 11.9 Å². The molecule has 0 atom stereocenters. The highest BCUT2D eigenvalue weighted by molar-refractivity contribution is 6.03. The standard InChI is InChI=1S/C24H38O4/c1-5-6-7-8-13-18-27-22(25)20-15-10-11-16-21(20)23(26)28-19-14-9-12-17-24(2,3)4/h10-11,15-16H,5-9,12-14,17-19H2,1-4H3. The first-order valence-corrected chi connectivity index (χ1v) is 10.8. The van der Waals surface area contributed by atoms with Gasteiger partial charge in [-0.1, -0.05) is 78.4 Å². The van der Waals surface area contributed by atoms with Crippen molar-refractivity contribution in [3.63, 3.8) is 0 Å². The van der Waals surface area contributed by atoms with Gasteiger partial charge in [-0.3, -0.25) is 0 Å². The van der Waals surface area contributed by atoms with Gasteiger partial charge in [-0.2, -0.15) is 0 Å². The van der Waals surface area contributed by atoms with Crippen LogP contribution in [0.5, 0.6) is 0 Å². The zero-order valence-corrected chi connectivity index (χ0v) is 18.2. The third-order valence-electron chi connectivity index (χ3n) is 4.65. The number of carbonyl (C=O) groups is 2. The molecule has 4 heteroatoms. The smallest absolute Gasteiger partial charge is 0.339 e. The van der Waals surface area contributed by atoms with Gasteiger partial charge in [-0.05, 0) is 36.8 Å². The number of carbonyl (C=O) groups excluding carboxylic acids is 2. The summed E-state index contributed by atoms with van der Waals surface area (Å²) in [7, 11) is 0. The van der Waals surface area contributed by atoms with Crippen molar-refractivity contribution in [3.8, 4) is 0 Å². The molecule has 0 fully saturated rings. The predicted octanol–water partition coefficient (Wildman–Crippen LogP) is 6.58. The van der Waals surface area contributed by atoms with Gasteiger partial charge in [0.2, 0.25) is 0 Å². The highest BCUT2D eigenvalue weighted by Gasteiger charge is 2.18. The molecule has 28 heavy (non-hydrogen) atoms. The summed E-state index contributed by atoms with van der Waals surface area (Å²) in [6.45, 7) is 9.63. The van der Waals surface area contributed by atoms with E-state index in [0.29, 0.717) is 18.6 Å². The summed E-state index contributed by atoms with van der Waals surface area (Å²) in [4.78, 5) is 24.7. The maximum atomic E-state index is 12.4. The Kier molecular flexibility index (Phi) is 11.5. The van der Waals surface area contributed by atoms with Gasteiger partial charge in [0.05, 0.1) is 24.3 Å². The van der Waals surface area contributed by atoms with Crippen molar-refractivity contribution in [1.82, 2.24) is 0 Å². The first-order valence-electron chi connectivity index (χ1n) is 10.8. The van der Waals surface area contributed by atoms with E-state index in [1.165, 1.54) is 12.8 Å². The van der Waals surface area contributed by atoms with E-state index < -0.39 is 11.9 Å². The van der Waals surface area contributed by atoms with Crippen LogP contribution in [0.1, 0.15) is 106 Å². The van der Waals surface area contributed by atoms with E-state index >= 15 is 0 Å². The molecule has 0 heterocycles. The van der Waals surface area contributed by atoms with Crippen molar-refractivity contribution in [3.05, 3.63) is 35.4 Å². The third-order valence-corrected chi connectivity index (χ3v) is 4.65. The Balaban J connectivity index is 2.40. The van der Waals surface area contributed by atoms with Crippen LogP contribution >= 0.6 is 0 Å². The largest absolute Gasteiger partial charge is 0.462 e. The van der Waals surface area contributed by atoms with Gasteiger partial charge in [0.15, 0.2) is 0 Å². The van der Waals surface area contributed by atoms with Crippen molar-refractivity contribution in [1.29, 1.82) is 0 Å². The third kappa shape index (κ3) is 10.5. The van der Waals surface area contributed by atoms with Crippen molar-refractivity contribution in [2.75, 3.05) is 13.2 Å². The van der Waals surface area contributed by atoms with Gasteiger partial charge in [-0.15, -0.1) is 0 Å². The molecular weight excluding hydrogens is 352 g/mol. The molecule has 0 N–H and O–H groups in total. The Morgan fingerprint density at radius 1 is 0.750 bits per heavy atom. The molecule has 158 valence electrons. The molecule has 4 nitrogen and oxygen atoms in total. The van der Waals surface area contributed by atoms with E-state index in [2.05, 4.69) is 27.7 Å². The van der Waals surface area contributed by atoms with Crippen molar-refractivity contribution < 1.29 is 19.1 Å². The summed E-state index contributed by atoms with van der Waals surface area (Å²) < 4.78 is 10.7. The van der Waals surface area contributed by atoms with E-state index in [9.17, 15) is 9.59 Å². The minimum atomic E-state index is -0.452. The zero-order valence-electron chi connectivity index (χ0n) is 18.2. The molecule has 0 aliphatic carbocycles. The molecule has 0 amide bonds. The molecule has 0 saturated carbocycles. The van der Waals surface area contributed by atoms with E-state index in [1.807, 2.05) is 0 Å². The first-order chi connectivity index (χ1) is 13.3. The van der Waals surface area contributed by atoms with Crippen LogP contribution < -0.4 is 0 Å². The van der Waals surface area contributed by atoms with Crippen LogP contribution in [0.15, 0.2) is 24.3 Å². The van der Waals surface area contributed by atoms with Crippen molar-refractivity contribution in [2.45, 2.75) is 85.5 Å². The fourth-order valence-corrected chi connectivity index (χ4v) is 2.96. The number of hydrogen-bond donors (Lipinski definition) is 0. The summed E-state index contributed by atoms with van der Waals surface area (Å²) in [5, 5.41) is 0. The van der Waals surface area contributed by atoms with Gasteiger partial charge >= 0.3 is 11.9 Å². The highest BCUT2D eigenvalue weighted by atomic mass is 16.5. The molecule has 0 spiro atoms. The number of hydrogen-bond acceptors (Lipinski definition) is 4. The summed E-state index contributed by atoms with van der Waals surface area (Å²) >= 11 is 0. The molecule has 1 aromatic rings. The predicted molar refractivity (Wildman–Crippen MR) is 114 cm³/mol. The fourth-order valence-electron chi connectivity index (χ4n) is 2.96. The summed E-state index contributed by atoms with van der Waals surface area (Å²) in [6.07, 6.45) is 9.62. The van der Waals surface area contributed by atoms with E-state index in [4.69, 9.17) is 9.47 Å². The van der Waals surface area contributed by atoms with Gasteiger partial charge < -0.3 is 9.47 Å². The number of benzene rings is 1. The highest BCUT2D eigenvalue weighted by Crippen LogP contribution is 2.22. The molecule has 0 aliphatic rings. The molecule has 0 bridgehead atoms. The molecule has 1 rings (SSSR count). The molecule has 0 aliphatic heterocycles. The minimum absolute atomic E-state index is 0.285. The molecule has 0 unspecified atom stereocenters. The Morgan fingerprint density at radius 2 is 1.21 bits per heavy atom. The number of esters is 2. The van der Waals surface area contributed by atoms with E-state index in [1.54, 1.807) is 24.3 Å². The summed E-state index contributed by atoms with van der Waals surface area (Å²) in [5.41, 5.74) is 0.911. The van der Waals surface area contributed by atoms with Crippen LogP contribution in [0.3, 0.4) is 0 Å². The van der Waals surface area contributed by atoms with Gasteiger partial charge in [0, 0.05) is 0 Å². The number of unbranched alkanes of at least 4 members (excludes halogenated alkanes) is 6. The summed E-state index contributed by atoms with van der Waals surface area (Å²) in [6, 6.07) is 6.72. The Hall–Kier alpha value is -1.84. The molecule has 0 saturated heterocycles. The second-order valence-electron chi connectivity index (χ2n) is 8.60. The van der Waals surface area contributed by atoms with Crippen molar-refractivity contribution in [2.24, 2.45) is 5.41 Å². The van der Waals surface area contributed by atoms with Crippen LogP contribution in [0, 0.1) is 5.41 Å². The Morgan fingerprint density at radius 3 is 1.68 bits per heavy atom. The SMILES string of the molecule is CCCCCCCOC(=O)c1ccccc1C(=O)OCCCCCC(C)(C)C. The number of ether oxygens (including phenoxy) is 2. The lowest BCUT2D eigenvalue weighted by atomic mass is 9.89. The molecule has 0 radical (unpaired) electrons. The average molecular weight is 391 g/mol. The maximum Gasteiger partial charge on any atom is 0.339 e. The van der Waals surface area contributed by atoms with E-state index in [-0.39, 0.29) is 11.1 Å². The molecule has 0 aromatic heterocycles. The molecule has 1 aromatic carbocycles. The average Bonchev–Trinajstić information content (AvgIpc) is 2.66. The van der Waals surface area contributed by atoms with Crippen LogP contribution in [-0.2, 0) is 9.47 Å². The van der Waals surface area contributed by atoms with Crippen LogP contribution in [0.2, 0.25) is 0 Å². The Labute approximate surface area is 171 Å². The number of rotatable bonds is 13. The van der Waals surface area contributed by atoms with E-state index in [0.717, 1.165) is 44.9 Å². The van der Waals surface area contributed by atoms with Crippen LogP contribution in [-0.4, -0.2) is 25.2 Å². The van der Waals surface area contributed by atoms with Gasteiger partial charge in [0.1, 0.15) is 0 Å². The van der Waals surface area contributed by atoms with Gasteiger partial charge in [-0.25, -0.2) is 9.59 Å².